The molecule has 2 aliphatic heterocycles. The molecule has 4 aliphatic rings. The Bertz CT molecular complexity index is 1230. The summed E-state index contributed by atoms with van der Waals surface area (Å²) in [6.07, 6.45) is 10.6. The fourth-order valence-electron chi connectivity index (χ4n) is 8.81. The second kappa shape index (κ2) is 9.60. The maximum Gasteiger partial charge on any atom is 0.336 e. The van der Waals surface area contributed by atoms with Crippen LogP contribution < -0.4 is 9.47 Å². The molecule has 1 N–H and O–H groups in total. The average molecular weight is 536 g/mol. The number of nitrogens with zero attached hydrogens (tertiary/aromatic N) is 1. The number of piperidine rings is 1. The van der Waals surface area contributed by atoms with E-state index in [0.29, 0.717) is 17.9 Å². The lowest BCUT2D eigenvalue weighted by Gasteiger charge is -2.69. The van der Waals surface area contributed by atoms with Crippen molar-refractivity contribution < 1.29 is 24.1 Å². The number of hydrogen-bond donors (Lipinski definition) is 1. The fourth-order valence-corrected chi connectivity index (χ4v) is 8.81. The summed E-state index contributed by atoms with van der Waals surface area (Å²) in [5, 5.41) is 12.0. The Kier molecular flexibility index (Phi) is 6.93. The summed E-state index contributed by atoms with van der Waals surface area (Å²) in [6, 6.07) is 4.28. The summed E-state index contributed by atoms with van der Waals surface area (Å²) >= 11 is 0. The van der Waals surface area contributed by atoms with E-state index in [2.05, 4.69) is 38.4 Å². The van der Waals surface area contributed by atoms with Crippen molar-refractivity contribution in [3.8, 4) is 11.5 Å². The third kappa shape index (κ3) is 3.82. The molecule has 2 bridgehead atoms. The quantitative estimate of drug-likeness (QED) is 0.155. The zero-order valence-corrected chi connectivity index (χ0v) is 24.7. The van der Waals surface area contributed by atoms with Gasteiger partial charge in [-0.15, -0.1) is 6.58 Å². The van der Waals surface area contributed by atoms with E-state index in [-0.39, 0.29) is 22.8 Å². The van der Waals surface area contributed by atoms with Crippen LogP contribution in [0.5, 0.6) is 11.5 Å². The van der Waals surface area contributed by atoms with Crippen LogP contribution in [0.3, 0.4) is 0 Å². The number of hydrogen-bond acceptors (Lipinski definition) is 6. The number of esters is 1. The molecule has 2 aliphatic carbocycles. The summed E-state index contributed by atoms with van der Waals surface area (Å²) < 4.78 is 19.4. The maximum atomic E-state index is 12.8. The molecule has 1 spiro atoms. The molecule has 0 radical (unpaired) electrons. The Morgan fingerprint density at radius 3 is 2.74 bits per heavy atom. The van der Waals surface area contributed by atoms with Gasteiger partial charge in [0.1, 0.15) is 11.7 Å². The Morgan fingerprint density at radius 1 is 1.36 bits per heavy atom. The molecule has 39 heavy (non-hydrogen) atoms. The molecule has 6 heteroatoms. The number of rotatable bonds is 8. The molecule has 6 nitrogen and oxygen atoms in total. The first kappa shape index (κ1) is 28.1. The highest BCUT2D eigenvalue weighted by Gasteiger charge is 2.77. The van der Waals surface area contributed by atoms with E-state index in [0.717, 1.165) is 43.4 Å². The first-order valence-corrected chi connectivity index (χ1v) is 14.4. The van der Waals surface area contributed by atoms with Gasteiger partial charge in [0.15, 0.2) is 11.5 Å². The van der Waals surface area contributed by atoms with Gasteiger partial charge in [0, 0.05) is 36.1 Å². The van der Waals surface area contributed by atoms with Crippen molar-refractivity contribution in [3.05, 3.63) is 59.7 Å². The number of carbonyl (C=O) groups excluding carboxylic acids is 1. The normalized spacial score (nSPS) is 36.1. The zero-order chi connectivity index (χ0) is 28.4. The zero-order valence-electron chi connectivity index (χ0n) is 24.7. The molecule has 7 atom stereocenters. The van der Waals surface area contributed by atoms with Gasteiger partial charge in [0.05, 0.1) is 5.60 Å². The van der Waals surface area contributed by atoms with E-state index in [1.165, 1.54) is 11.6 Å². The van der Waals surface area contributed by atoms with Crippen molar-refractivity contribution in [2.24, 2.45) is 11.3 Å². The minimum Gasteiger partial charge on any atom is -0.482 e. The van der Waals surface area contributed by atoms with E-state index < -0.39 is 23.3 Å². The summed E-state index contributed by atoms with van der Waals surface area (Å²) in [6.45, 7) is 15.6. The SMILES string of the molecule is C=C[C@@]1(OC)[C@@H](C(C)(O)CCC)C[C@]2(C)[C@H]3Cc4ccc(OC(=O)/C=C/C=C(C)C)c5c4[C@@]2(CCN3C)[C@H]1O5. The van der Waals surface area contributed by atoms with Crippen molar-refractivity contribution in [2.75, 3.05) is 20.7 Å². The van der Waals surface area contributed by atoms with Gasteiger partial charge in [-0.25, -0.2) is 4.79 Å². The largest absolute Gasteiger partial charge is 0.482 e. The van der Waals surface area contributed by atoms with Crippen molar-refractivity contribution >= 4 is 5.97 Å². The summed E-state index contributed by atoms with van der Waals surface area (Å²) in [5.74, 6) is 0.424. The Hall–Kier alpha value is -2.41. The number of methoxy groups -OCH3 is 1. The molecule has 1 aromatic rings. The minimum absolute atomic E-state index is 0.192. The van der Waals surface area contributed by atoms with Crippen LogP contribution in [0.15, 0.2) is 48.6 Å². The maximum absolute atomic E-state index is 12.8. The van der Waals surface area contributed by atoms with Crippen LogP contribution in [0.1, 0.15) is 71.4 Å². The number of aliphatic hydroxyl groups is 1. The van der Waals surface area contributed by atoms with Crippen molar-refractivity contribution in [1.29, 1.82) is 0 Å². The number of likely N-dealkylation sites (N-methyl/N-ethyl adjacent to an activating group) is 1. The second-order valence-corrected chi connectivity index (χ2v) is 12.9. The predicted octanol–water partition coefficient (Wildman–Crippen LogP) is 5.52. The fraction of sp³-hybridized carbons (Fsp3) is 0.606. The highest BCUT2D eigenvalue weighted by Crippen LogP contribution is 2.72. The molecule has 212 valence electrons. The van der Waals surface area contributed by atoms with Crippen LogP contribution in [0.25, 0.3) is 0 Å². The van der Waals surface area contributed by atoms with Crippen LogP contribution in [0, 0.1) is 11.3 Å². The number of benzene rings is 1. The molecular formula is C33H45NO5. The van der Waals surface area contributed by atoms with Gasteiger partial charge < -0.3 is 24.2 Å². The second-order valence-electron chi connectivity index (χ2n) is 12.9. The molecule has 2 heterocycles. The van der Waals surface area contributed by atoms with Gasteiger partial charge in [-0.05, 0) is 77.1 Å². The smallest absolute Gasteiger partial charge is 0.336 e. The number of allylic oxidation sites excluding steroid dienone is 3. The third-order valence-electron chi connectivity index (χ3n) is 10.5. The Balaban J connectivity index is 1.70. The molecule has 1 saturated heterocycles. The van der Waals surface area contributed by atoms with Gasteiger partial charge in [0.25, 0.3) is 0 Å². The number of ether oxygens (including phenoxy) is 3. The summed E-state index contributed by atoms with van der Waals surface area (Å²) in [5.41, 5.74) is 1.06. The molecule has 1 aromatic carbocycles. The van der Waals surface area contributed by atoms with E-state index in [4.69, 9.17) is 14.2 Å². The van der Waals surface area contributed by atoms with Crippen LogP contribution in [-0.2, 0) is 21.4 Å². The number of likely N-dealkylation sites (tertiary alicyclic amines) is 1. The molecule has 1 saturated carbocycles. The lowest BCUT2D eigenvalue weighted by Crippen LogP contribution is -2.78. The Labute approximate surface area is 233 Å². The van der Waals surface area contributed by atoms with E-state index in [1.54, 1.807) is 13.2 Å². The van der Waals surface area contributed by atoms with Gasteiger partial charge in [-0.3, -0.25) is 0 Å². The molecular weight excluding hydrogens is 490 g/mol. The molecule has 0 aromatic heterocycles. The van der Waals surface area contributed by atoms with Crippen molar-refractivity contribution in [3.63, 3.8) is 0 Å². The number of carbonyl (C=O) groups is 1. The van der Waals surface area contributed by atoms with E-state index in [9.17, 15) is 9.90 Å². The monoisotopic (exact) mass is 535 g/mol. The van der Waals surface area contributed by atoms with Gasteiger partial charge in [0.2, 0.25) is 0 Å². The highest BCUT2D eigenvalue weighted by molar-refractivity contribution is 5.85. The summed E-state index contributed by atoms with van der Waals surface area (Å²) in [7, 11) is 3.94. The van der Waals surface area contributed by atoms with Gasteiger partial charge >= 0.3 is 5.97 Å². The standard InChI is InChI=1S/C33H45NO5/c1-9-16-31(6,36)24-20-30(5)25-19-22-14-15-23(38-26(35)13-11-12-21(3)4)28-27(22)32(30,17-18-34(25)7)29(39-28)33(24,10-2)37-8/h10-15,24-25,29,36H,2,9,16-20H2,1,3-8H3/b13-11+/t24-,25-,29-,30-,31?,32+,33-/m1/s1. The van der Waals surface area contributed by atoms with Crippen molar-refractivity contribution in [2.45, 2.75) is 95.5 Å². The molecule has 2 fully saturated rings. The first-order valence-electron chi connectivity index (χ1n) is 14.4. The van der Waals surface area contributed by atoms with E-state index in [1.807, 2.05) is 39.0 Å². The average Bonchev–Trinajstić information content (AvgIpc) is 3.23. The Morgan fingerprint density at radius 2 is 2.10 bits per heavy atom. The minimum atomic E-state index is -0.972. The van der Waals surface area contributed by atoms with Crippen LogP contribution >= 0.6 is 0 Å². The molecule has 1 unspecified atom stereocenters. The lowest BCUT2D eigenvalue weighted by molar-refractivity contribution is -0.244. The lowest BCUT2D eigenvalue weighted by atomic mass is 9.39. The van der Waals surface area contributed by atoms with Crippen molar-refractivity contribution in [1.82, 2.24) is 4.90 Å². The van der Waals surface area contributed by atoms with Crippen LogP contribution in [-0.4, -0.2) is 60.0 Å². The topological polar surface area (TPSA) is 68.2 Å². The molecule has 0 amide bonds. The third-order valence-corrected chi connectivity index (χ3v) is 10.5. The van der Waals surface area contributed by atoms with Crippen LogP contribution in [0.2, 0.25) is 0 Å². The van der Waals surface area contributed by atoms with Gasteiger partial charge in [-0.2, -0.15) is 0 Å². The molecule has 5 rings (SSSR count). The predicted molar refractivity (Wildman–Crippen MR) is 153 cm³/mol. The van der Waals surface area contributed by atoms with E-state index >= 15 is 0 Å². The van der Waals surface area contributed by atoms with Crippen LogP contribution in [0.4, 0.5) is 0 Å². The van der Waals surface area contributed by atoms with Gasteiger partial charge in [-0.1, -0.05) is 50.1 Å². The highest BCUT2D eigenvalue weighted by atomic mass is 16.6. The first-order chi connectivity index (χ1) is 18.4. The summed E-state index contributed by atoms with van der Waals surface area (Å²) in [4.78, 5) is 15.3.